The van der Waals surface area contributed by atoms with Gasteiger partial charge in [-0.3, -0.25) is 9.59 Å². The Kier molecular flexibility index (Phi) is 3.22. The Labute approximate surface area is 107 Å². The molecule has 2 rings (SSSR count). The molecule has 0 saturated carbocycles. The molecule has 1 heterocycles. The molecule has 0 aliphatic carbocycles. The van der Waals surface area contributed by atoms with Gasteiger partial charge in [-0.1, -0.05) is 0 Å². The van der Waals surface area contributed by atoms with E-state index in [0.717, 1.165) is 11.3 Å². The van der Waals surface area contributed by atoms with Gasteiger partial charge in [0.1, 0.15) is 0 Å². The number of nitrogens with two attached hydrogens (primary N) is 1. The van der Waals surface area contributed by atoms with E-state index in [1.54, 1.807) is 12.1 Å². The Hall–Kier alpha value is -1.68. The van der Waals surface area contributed by atoms with E-state index in [4.69, 9.17) is 5.73 Å². The summed E-state index contributed by atoms with van der Waals surface area (Å²) in [5.74, 6) is 0.0758. The zero-order chi connectivity index (χ0) is 13.3. The molecule has 3 N–H and O–H groups in total. The Bertz CT molecular complexity index is 501. The number of amides is 1. The monoisotopic (exact) mass is 246 g/mol. The second-order valence-corrected chi connectivity index (χ2v) is 5.51. The van der Waals surface area contributed by atoms with Crippen LogP contribution in [0, 0.1) is 0 Å². The number of fused-ring (bicyclic) bond motifs is 1. The molecule has 0 fully saturated rings. The molecule has 4 heteroatoms. The van der Waals surface area contributed by atoms with Crippen LogP contribution in [0.1, 0.15) is 42.6 Å². The van der Waals surface area contributed by atoms with Crippen molar-refractivity contribution < 1.29 is 9.59 Å². The first kappa shape index (κ1) is 12.8. The molecule has 0 bridgehead atoms. The van der Waals surface area contributed by atoms with Crippen molar-refractivity contribution in [3.8, 4) is 0 Å². The Morgan fingerprint density at radius 3 is 2.78 bits per heavy atom. The molecule has 0 aromatic heterocycles. The van der Waals surface area contributed by atoms with E-state index in [1.165, 1.54) is 0 Å². The molecule has 1 aromatic carbocycles. The molecule has 0 radical (unpaired) electrons. The van der Waals surface area contributed by atoms with Crippen LogP contribution >= 0.6 is 0 Å². The average Bonchev–Trinajstić information content (AvgIpc) is 2.26. The van der Waals surface area contributed by atoms with Gasteiger partial charge in [-0.05, 0) is 44.0 Å². The molecule has 0 atom stereocenters. The quantitative estimate of drug-likeness (QED) is 0.800. The SMILES string of the molecule is CC(C)(N)CC(=O)c1ccc2c(c1)CCC(=O)N2. The fraction of sp³-hybridized carbons (Fsp3) is 0.429. The number of benzene rings is 1. The Balaban J connectivity index is 2.21. The molecule has 1 aromatic rings. The zero-order valence-corrected chi connectivity index (χ0v) is 10.7. The van der Waals surface area contributed by atoms with Crippen LogP contribution in [-0.4, -0.2) is 17.2 Å². The highest BCUT2D eigenvalue weighted by Crippen LogP contribution is 2.24. The minimum absolute atomic E-state index is 0.0321. The van der Waals surface area contributed by atoms with Crippen molar-refractivity contribution in [3.05, 3.63) is 29.3 Å². The summed E-state index contributed by atoms with van der Waals surface area (Å²) in [4.78, 5) is 23.3. The van der Waals surface area contributed by atoms with Gasteiger partial charge in [0.05, 0.1) is 0 Å². The number of aryl methyl sites for hydroxylation is 1. The number of anilines is 1. The number of Topliss-reactive ketones (excluding diaryl/α,β-unsaturated/α-hetero) is 1. The standard InChI is InChI=1S/C14H18N2O2/c1-14(2,15)8-12(17)10-3-5-11-9(7-10)4-6-13(18)16-11/h3,5,7H,4,6,8,15H2,1-2H3,(H,16,18). The second-order valence-electron chi connectivity index (χ2n) is 5.51. The lowest BCUT2D eigenvalue weighted by Gasteiger charge is -2.19. The van der Waals surface area contributed by atoms with E-state index < -0.39 is 5.54 Å². The van der Waals surface area contributed by atoms with Crippen molar-refractivity contribution in [2.45, 2.75) is 38.6 Å². The molecule has 4 nitrogen and oxygen atoms in total. The third kappa shape index (κ3) is 2.96. The predicted octanol–water partition coefficient (Wildman–Crippen LogP) is 1.88. The molecule has 1 aliphatic heterocycles. The molecular weight excluding hydrogens is 228 g/mol. The summed E-state index contributed by atoms with van der Waals surface area (Å²) in [6.45, 7) is 3.67. The lowest BCUT2D eigenvalue weighted by molar-refractivity contribution is -0.116. The van der Waals surface area contributed by atoms with E-state index in [9.17, 15) is 9.59 Å². The summed E-state index contributed by atoms with van der Waals surface area (Å²) in [5.41, 5.74) is 7.86. The van der Waals surface area contributed by atoms with Crippen molar-refractivity contribution in [2.24, 2.45) is 5.73 Å². The fourth-order valence-corrected chi connectivity index (χ4v) is 2.07. The molecule has 0 unspecified atom stereocenters. The van der Waals surface area contributed by atoms with Crippen LogP contribution in [-0.2, 0) is 11.2 Å². The molecule has 18 heavy (non-hydrogen) atoms. The maximum Gasteiger partial charge on any atom is 0.224 e. The number of ketones is 1. The molecule has 1 amide bonds. The normalized spacial score (nSPS) is 14.9. The molecule has 1 aliphatic rings. The summed E-state index contributed by atoms with van der Waals surface area (Å²) >= 11 is 0. The van der Waals surface area contributed by atoms with Gasteiger partial charge < -0.3 is 11.1 Å². The summed E-state index contributed by atoms with van der Waals surface area (Å²) in [6, 6.07) is 5.41. The molecule has 0 spiro atoms. The Morgan fingerprint density at radius 1 is 1.39 bits per heavy atom. The van der Waals surface area contributed by atoms with Crippen molar-refractivity contribution in [1.82, 2.24) is 0 Å². The van der Waals surface area contributed by atoms with Crippen molar-refractivity contribution in [3.63, 3.8) is 0 Å². The van der Waals surface area contributed by atoms with Gasteiger partial charge in [-0.25, -0.2) is 0 Å². The minimum Gasteiger partial charge on any atom is -0.326 e. The van der Waals surface area contributed by atoms with Gasteiger partial charge in [-0.15, -0.1) is 0 Å². The first-order valence-corrected chi connectivity index (χ1v) is 6.10. The van der Waals surface area contributed by atoms with Crippen LogP contribution in [0.5, 0.6) is 0 Å². The molecule has 96 valence electrons. The van der Waals surface area contributed by atoms with Gasteiger partial charge >= 0.3 is 0 Å². The molecular formula is C14H18N2O2. The highest BCUT2D eigenvalue weighted by Gasteiger charge is 2.20. The minimum atomic E-state index is -0.499. The number of hydrogen-bond acceptors (Lipinski definition) is 3. The number of rotatable bonds is 3. The van der Waals surface area contributed by atoms with E-state index in [1.807, 2.05) is 19.9 Å². The maximum absolute atomic E-state index is 12.0. The van der Waals surface area contributed by atoms with Gasteiger partial charge in [-0.2, -0.15) is 0 Å². The topological polar surface area (TPSA) is 72.2 Å². The van der Waals surface area contributed by atoms with Crippen LogP contribution in [0.2, 0.25) is 0 Å². The van der Waals surface area contributed by atoms with Gasteiger partial charge in [0.2, 0.25) is 5.91 Å². The largest absolute Gasteiger partial charge is 0.326 e. The smallest absolute Gasteiger partial charge is 0.224 e. The number of carbonyl (C=O) groups is 2. The predicted molar refractivity (Wildman–Crippen MR) is 70.6 cm³/mol. The summed E-state index contributed by atoms with van der Waals surface area (Å²) in [6.07, 6.45) is 1.49. The first-order valence-electron chi connectivity index (χ1n) is 6.10. The van der Waals surface area contributed by atoms with Gasteiger partial charge in [0, 0.05) is 29.6 Å². The lowest BCUT2D eigenvalue weighted by atomic mass is 9.93. The maximum atomic E-state index is 12.0. The average molecular weight is 246 g/mol. The second kappa shape index (κ2) is 4.53. The highest BCUT2D eigenvalue weighted by atomic mass is 16.1. The Morgan fingerprint density at radius 2 is 2.11 bits per heavy atom. The summed E-state index contributed by atoms with van der Waals surface area (Å²) in [5, 5.41) is 2.80. The number of hydrogen-bond donors (Lipinski definition) is 2. The van der Waals surface area contributed by atoms with Crippen LogP contribution in [0.4, 0.5) is 5.69 Å². The summed E-state index contributed by atoms with van der Waals surface area (Å²) in [7, 11) is 0. The van der Waals surface area contributed by atoms with Crippen LogP contribution < -0.4 is 11.1 Å². The lowest BCUT2D eigenvalue weighted by Crippen LogP contribution is -2.34. The number of carbonyl (C=O) groups excluding carboxylic acids is 2. The van der Waals surface area contributed by atoms with Crippen LogP contribution in [0.15, 0.2) is 18.2 Å². The van der Waals surface area contributed by atoms with Crippen molar-refractivity contribution >= 4 is 17.4 Å². The zero-order valence-electron chi connectivity index (χ0n) is 10.7. The van der Waals surface area contributed by atoms with E-state index in [-0.39, 0.29) is 11.7 Å². The van der Waals surface area contributed by atoms with Crippen LogP contribution in [0.3, 0.4) is 0 Å². The van der Waals surface area contributed by atoms with Crippen LogP contribution in [0.25, 0.3) is 0 Å². The van der Waals surface area contributed by atoms with E-state index in [2.05, 4.69) is 5.32 Å². The van der Waals surface area contributed by atoms with E-state index >= 15 is 0 Å². The fourth-order valence-electron chi connectivity index (χ4n) is 2.07. The van der Waals surface area contributed by atoms with Crippen molar-refractivity contribution in [1.29, 1.82) is 0 Å². The number of nitrogens with one attached hydrogen (secondary N) is 1. The third-order valence-corrected chi connectivity index (χ3v) is 2.94. The summed E-state index contributed by atoms with van der Waals surface area (Å²) < 4.78 is 0. The van der Waals surface area contributed by atoms with Gasteiger partial charge in [0.15, 0.2) is 5.78 Å². The van der Waals surface area contributed by atoms with E-state index in [0.29, 0.717) is 24.8 Å². The van der Waals surface area contributed by atoms with Crippen molar-refractivity contribution in [2.75, 3.05) is 5.32 Å². The third-order valence-electron chi connectivity index (χ3n) is 2.94. The first-order chi connectivity index (χ1) is 8.35. The highest BCUT2D eigenvalue weighted by molar-refractivity contribution is 5.99. The molecule has 0 saturated heterocycles. The van der Waals surface area contributed by atoms with Gasteiger partial charge in [0.25, 0.3) is 0 Å².